The fourth-order valence-corrected chi connectivity index (χ4v) is 2.43. The number of thiol groups is 1. The molecular weight excluding hydrogens is 244 g/mol. The van der Waals surface area contributed by atoms with Crippen LogP contribution in [0.4, 0.5) is 5.13 Å². The molecule has 2 N–H and O–H groups in total. The van der Waals surface area contributed by atoms with Gasteiger partial charge < -0.3 is 10.4 Å². The first-order chi connectivity index (χ1) is 7.70. The molecule has 0 aliphatic rings. The van der Waals surface area contributed by atoms with Gasteiger partial charge in [-0.15, -0.1) is 0 Å². The van der Waals surface area contributed by atoms with Crippen LogP contribution in [-0.4, -0.2) is 27.9 Å². The molecule has 1 aromatic carbocycles. The fraction of sp³-hybridized carbons (Fsp3) is 0.200. The predicted octanol–water partition coefficient (Wildman–Crippen LogP) is 2.09. The zero-order chi connectivity index (χ0) is 11.5. The van der Waals surface area contributed by atoms with E-state index in [1.807, 2.05) is 24.3 Å². The molecule has 1 aromatic heterocycles. The van der Waals surface area contributed by atoms with Crippen LogP contribution in [0.3, 0.4) is 0 Å². The van der Waals surface area contributed by atoms with Crippen molar-refractivity contribution in [3.05, 3.63) is 24.3 Å². The first-order valence-corrected chi connectivity index (χ1v) is 6.11. The topological polar surface area (TPSA) is 62.2 Å². The van der Waals surface area contributed by atoms with Crippen LogP contribution in [-0.2, 0) is 4.79 Å². The molecule has 16 heavy (non-hydrogen) atoms. The second-order valence-electron chi connectivity index (χ2n) is 3.20. The van der Waals surface area contributed by atoms with Crippen LogP contribution in [0, 0.1) is 0 Å². The minimum atomic E-state index is -0.922. The lowest BCUT2D eigenvalue weighted by Crippen LogP contribution is -2.30. The number of para-hydroxylation sites is 1. The molecule has 0 fully saturated rings. The van der Waals surface area contributed by atoms with Crippen LogP contribution in [0.25, 0.3) is 10.2 Å². The Labute approximate surface area is 102 Å². The highest BCUT2D eigenvalue weighted by Gasteiger charge is 2.16. The number of hydrogen-bond donors (Lipinski definition) is 3. The van der Waals surface area contributed by atoms with Gasteiger partial charge in [-0.2, -0.15) is 12.6 Å². The Morgan fingerprint density at radius 1 is 1.56 bits per heavy atom. The molecular formula is C10H10N2O2S2. The van der Waals surface area contributed by atoms with Crippen molar-refractivity contribution < 1.29 is 9.90 Å². The average molecular weight is 254 g/mol. The van der Waals surface area contributed by atoms with E-state index in [9.17, 15) is 4.79 Å². The number of hydrogen-bond acceptors (Lipinski definition) is 5. The molecule has 84 valence electrons. The smallest absolute Gasteiger partial charge is 0.327 e. The minimum Gasteiger partial charge on any atom is -0.480 e. The van der Waals surface area contributed by atoms with Crippen molar-refractivity contribution in [2.75, 3.05) is 11.1 Å². The first kappa shape index (κ1) is 11.2. The maximum Gasteiger partial charge on any atom is 0.327 e. The van der Waals surface area contributed by atoms with Crippen LogP contribution in [0.5, 0.6) is 0 Å². The van der Waals surface area contributed by atoms with E-state index in [1.165, 1.54) is 11.3 Å². The first-order valence-electron chi connectivity index (χ1n) is 4.66. The van der Waals surface area contributed by atoms with Crippen molar-refractivity contribution in [3.8, 4) is 0 Å². The summed E-state index contributed by atoms with van der Waals surface area (Å²) in [6.07, 6.45) is 0. The van der Waals surface area contributed by atoms with Crippen molar-refractivity contribution in [3.63, 3.8) is 0 Å². The molecule has 0 aliphatic heterocycles. The normalized spacial score (nSPS) is 12.6. The number of anilines is 1. The Bertz CT molecular complexity index is 479. The number of benzene rings is 1. The predicted molar refractivity (Wildman–Crippen MR) is 68.5 cm³/mol. The van der Waals surface area contributed by atoms with Crippen molar-refractivity contribution in [2.45, 2.75) is 6.04 Å². The Hall–Kier alpha value is -1.27. The summed E-state index contributed by atoms with van der Waals surface area (Å²) < 4.78 is 1.04. The molecule has 0 saturated heterocycles. The fourth-order valence-electron chi connectivity index (χ4n) is 1.27. The van der Waals surface area contributed by atoms with Gasteiger partial charge in [0.05, 0.1) is 10.2 Å². The third-order valence-electron chi connectivity index (χ3n) is 2.07. The molecule has 6 heteroatoms. The number of carbonyl (C=O) groups is 1. The summed E-state index contributed by atoms with van der Waals surface area (Å²) in [5, 5.41) is 12.3. The number of nitrogens with zero attached hydrogens (tertiary/aromatic N) is 1. The summed E-state index contributed by atoms with van der Waals surface area (Å²) in [7, 11) is 0. The monoisotopic (exact) mass is 254 g/mol. The van der Waals surface area contributed by atoms with E-state index >= 15 is 0 Å². The van der Waals surface area contributed by atoms with Crippen LogP contribution in [0.15, 0.2) is 24.3 Å². The second kappa shape index (κ2) is 4.71. The lowest BCUT2D eigenvalue weighted by atomic mass is 10.3. The molecule has 0 spiro atoms. The average Bonchev–Trinajstić information content (AvgIpc) is 2.67. The number of carboxylic acids is 1. The van der Waals surface area contributed by atoms with E-state index < -0.39 is 12.0 Å². The quantitative estimate of drug-likeness (QED) is 0.731. The van der Waals surface area contributed by atoms with E-state index in [0.29, 0.717) is 5.13 Å². The molecule has 0 radical (unpaired) electrons. The number of aliphatic carboxylic acids is 1. The number of aromatic nitrogens is 1. The highest BCUT2D eigenvalue weighted by Crippen LogP contribution is 2.25. The van der Waals surface area contributed by atoms with Gasteiger partial charge in [0, 0.05) is 5.75 Å². The molecule has 4 nitrogen and oxygen atoms in total. The van der Waals surface area contributed by atoms with Gasteiger partial charge in [0.25, 0.3) is 0 Å². The zero-order valence-electron chi connectivity index (χ0n) is 8.25. The Kier molecular flexibility index (Phi) is 3.31. The molecule has 1 atom stereocenters. The molecule has 2 rings (SSSR count). The summed E-state index contributed by atoms with van der Waals surface area (Å²) in [5.74, 6) is -0.695. The van der Waals surface area contributed by atoms with E-state index in [0.717, 1.165) is 10.2 Å². The Morgan fingerprint density at radius 3 is 2.94 bits per heavy atom. The van der Waals surface area contributed by atoms with E-state index in [-0.39, 0.29) is 5.75 Å². The summed E-state index contributed by atoms with van der Waals surface area (Å²) in [4.78, 5) is 15.1. The third kappa shape index (κ3) is 2.28. The number of carboxylic acid groups (broad SMARTS) is 1. The zero-order valence-corrected chi connectivity index (χ0v) is 9.96. The van der Waals surface area contributed by atoms with Crippen molar-refractivity contribution in [1.29, 1.82) is 0 Å². The molecule has 0 saturated carbocycles. The van der Waals surface area contributed by atoms with Gasteiger partial charge in [-0.25, -0.2) is 9.78 Å². The molecule has 0 amide bonds. The van der Waals surface area contributed by atoms with Gasteiger partial charge in [-0.3, -0.25) is 0 Å². The van der Waals surface area contributed by atoms with E-state index in [1.54, 1.807) is 0 Å². The number of fused-ring (bicyclic) bond motifs is 1. The van der Waals surface area contributed by atoms with E-state index in [4.69, 9.17) is 5.11 Å². The Morgan fingerprint density at radius 2 is 2.31 bits per heavy atom. The van der Waals surface area contributed by atoms with Crippen molar-refractivity contribution in [1.82, 2.24) is 4.98 Å². The largest absolute Gasteiger partial charge is 0.480 e. The second-order valence-corrected chi connectivity index (χ2v) is 4.60. The lowest BCUT2D eigenvalue weighted by molar-refractivity contribution is -0.137. The van der Waals surface area contributed by atoms with Crippen LogP contribution in [0.2, 0.25) is 0 Å². The molecule has 2 aromatic rings. The standard InChI is InChI=1S/C10H10N2O2S2/c13-9(14)7(5-15)12-10-11-6-3-1-2-4-8(6)16-10/h1-4,7,15H,5H2,(H,11,12)(H,13,14). The highest BCUT2D eigenvalue weighted by atomic mass is 32.1. The summed E-state index contributed by atoms with van der Waals surface area (Å²) in [6.45, 7) is 0. The van der Waals surface area contributed by atoms with Gasteiger partial charge in [0.2, 0.25) is 0 Å². The maximum absolute atomic E-state index is 10.8. The van der Waals surface area contributed by atoms with E-state index in [2.05, 4.69) is 22.9 Å². The number of nitrogens with one attached hydrogen (secondary N) is 1. The summed E-state index contributed by atoms with van der Waals surface area (Å²) in [6, 6.07) is 6.97. The van der Waals surface area contributed by atoms with Gasteiger partial charge in [0.15, 0.2) is 5.13 Å². The van der Waals surface area contributed by atoms with Gasteiger partial charge in [-0.1, -0.05) is 23.5 Å². The number of rotatable bonds is 4. The van der Waals surface area contributed by atoms with Crippen molar-refractivity contribution >= 4 is 45.3 Å². The molecule has 0 aliphatic carbocycles. The summed E-state index contributed by atoms with van der Waals surface area (Å²) in [5.41, 5.74) is 0.873. The number of thiazole rings is 1. The van der Waals surface area contributed by atoms with Gasteiger partial charge in [0.1, 0.15) is 6.04 Å². The summed E-state index contributed by atoms with van der Waals surface area (Å²) >= 11 is 5.42. The minimum absolute atomic E-state index is 0.227. The SMILES string of the molecule is O=C(O)C(CS)Nc1nc2ccccc2s1. The maximum atomic E-state index is 10.8. The molecule has 0 bridgehead atoms. The lowest BCUT2D eigenvalue weighted by Gasteiger charge is -2.09. The molecule has 1 heterocycles. The Balaban J connectivity index is 2.24. The van der Waals surface area contributed by atoms with Gasteiger partial charge in [-0.05, 0) is 12.1 Å². The van der Waals surface area contributed by atoms with Crippen LogP contribution < -0.4 is 5.32 Å². The van der Waals surface area contributed by atoms with Crippen LogP contribution >= 0.6 is 24.0 Å². The highest BCUT2D eigenvalue weighted by molar-refractivity contribution is 7.80. The van der Waals surface area contributed by atoms with Gasteiger partial charge >= 0.3 is 5.97 Å². The van der Waals surface area contributed by atoms with Crippen LogP contribution in [0.1, 0.15) is 0 Å². The third-order valence-corrected chi connectivity index (χ3v) is 3.41. The van der Waals surface area contributed by atoms with Crippen molar-refractivity contribution in [2.24, 2.45) is 0 Å². The molecule has 1 unspecified atom stereocenters.